The number of carbonyl (C=O) groups is 1. The summed E-state index contributed by atoms with van der Waals surface area (Å²) >= 11 is 0. The van der Waals surface area contributed by atoms with Crippen molar-refractivity contribution in [3.63, 3.8) is 0 Å². The molecule has 0 saturated carbocycles. The van der Waals surface area contributed by atoms with Crippen LogP contribution in [-0.4, -0.2) is 34.1 Å². The molecule has 0 aliphatic rings. The van der Waals surface area contributed by atoms with Crippen LogP contribution in [0.25, 0.3) is 5.57 Å². The lowest BCUT2D eigenvalue weighted by atomic mass is 9.96. The monoisotopic (exact) mass is 328 g/mol. The molecule has 2 aromatic rings. The number of benzene rings is 2. The van der Waals surface area contributed by atoms with Crippen molar-refractivity contribution >= 4 is 11.5 Å². The Morgan fingerprint density at radius 2 is 1.79 bits per heavy atom. The van der Waals surface area contributed by atoms with E-state index in [-0.39, 0.29) is 6.79 Å². The highest BCUT2D eigenvalue weighted by Crippen LogP contribution is 2.34. The summed E-state index contributed by atoms with van der Waals surface area (Å²) in [5, 5.41) is 0. The first kappa shape index (κ1) is 17.6. The molecular formula is C19H20O5. The fraction of sp³-hybridized carbons (Fsp3) is 0.211. The Kier molecular flexibility index (Phi) is 6.40. The van der Waals surface area contributed by atoms with Gasteiger partial charge in [0.2, 0.25) is 0 Å². The highest BCUT2D eigenvalue weighted by atomic mass is 16.7. The molecule has 0 N–H and O–H groups in total. The SMILES string of the molecule is COCOc1ccc(OC)cc1C(=CC(=O)OC)c1ccccc1. The van der Waals surface area contributed by atoms with Gasteiger partial charge in [0.1, 0.15) is 11.5 Å². The summed E-state index contributed by atoms with van der Waals surface area (Å²) in [5.41, 5.74) is 2.24. The highest BCUT2D eigenvalue weighted by molar-refractivity contribution is 5.97. The van der Waals surface area contributed by atoms with Crippen molar-refractivity contribution in [3.05, 3.63) is 65.7 Å². The molecule has 126 valence electrons. The van der Waals surface area contributed by atoms with Gasteiger partial charge >= 0.3 is 5.97 Å². The summed E-state index contributed by atoms with van der Waals surface area (Å²) in [5.74, 6) is 0.785. The zero-order chi connectivity index (χ0) is 17.4. The quantitative estimate of drug-likeness (QED) is 0.443. The van der Waals surface area contributed by atoms with Gasteiger partial charge in [0.05, 0.1) is 14.2 Å². The van der Waals surface area contributed by atoms with E-state index in [1.165, 1.54) is 13.2 Å². The first-order valence-electron chi connectivity index (χ1n) is 7.34. The van der Waals surface area contributed by atoms with Gasteiger partial charge in [0, 0.05) is 18.7 Å². The zero-order valence-corrected chi connectivity index (χ0v) is 13.9. The van der Waals surface area contributed by atoms with E-state index in [0.29, 0.717) is 22.6 Å². The van der Waals surface area contributed by atoms with Gasteiger partial charge in [-0.3, -0.25) is 0 Å². The van der Waals surface area contributed by atoms with Crippen LogP contribution in [0.3, 0.4) is 0 Å². The number of rotatable bonds is 7. The van der Waals surface area contributed by atoms with Gasteiger partial charge < -0.3 is 18.9 Å². The van der Waals surface area contributed by atoms with Gasteiger partial charge in [0.25, 0.3) is 0 Å². The van der Waals surface area contributed by atoms with Crippen molar-refractivity contribution in [3.8, 4) is 11.5 Å². The fourth-order valence-electron chi connectivity index (χ4n) is 2.21. The number of carbonyl (C=O) groups excluding carboxylic acids is 1. The molecule has 0 aromatic heterocycles. The third kappa shape index (κ3) is 4.36. The molecule has 0 aliphatic carbocycles. The minimum Gasteiger partial charge on any atom is -0.497 e. The minimum atomic E-state index is -0.450. The topological polar surface area (TPSA) is 54.0 Å². The molecule has 0 heterocycles. The molecule has 0 radical (unpaired) electrons. The summed E-state index contributed by atoms with van der Waals surface area (Å²) in [7, 11) is 4.47. The number of ether oxygens (including phenoxy) is 4. The predicted octanol–water partition coefficient (Wildman–Crippen LogP) is 3.28. The van der Waals surface area contributed by atoms with Gasteiger partial charge in [-0.15, -0.1) is 0 Å². The number of methoxy groups -OCH3 is 3. The molecule has 2 aromatic carbocycles. The van der Waals surface area contributed by atoms with Crippen molar-refractivity contribution < 1.29 is 23.7 Å². The Morgan fingerprint density at radius 1 is 1.04 bits per heavy atom. The molecule has 0 aliphatic heterocycles. The Morgan fingerprint density at radius 3 is 2.42 bits per heavy atom. The van der Waals surface area contributed by atoms with Crippen molar-refractivity contribution in [2.24, 2.45) is 0 Å². The first-order valence-corrected chi connectivity index (χ1v) is 7.34. The highest BCUT2D eigenvalue weighted by Gasteiger charge is 2.15. The Labute approximate surface area is 141 Å². The molecule has 0 bridgehead atoms. The third-order valence-electron chi connectivity index (χ3n) is 3.36. The number of hydrogen-bond donors (Lipinski definition) is 0. The molecule has 0 saturated heterocycles. The zero-order valence-electron chi connectivity index (χ0n) is 13.9. The summed E-state index contributed by atoms with van der Waals surface area (Å²) in [6.45, 7) is 0.0968. The van der Waals surface area contributed by atoms with Gasteiger partial charge in [-0.05, 0) is 29.3 Å². The van der Waals surface area contributed by atoms with Crippen LogP contribution in [0.15, 0.2) is 54.6 Å². The van der Waals surface area contributed by atoms with Gasteiger partial charge in [-0.25, -0.2) is 4.79 Å². The van der Waals surface area contributed by atoms with E-state index in [1.807, 2.05) is 36.4 Å². The van der Waals surface area contributed by atoms with Crippen molar-refractivity contribution in [2.75, 3.05) is 28.1 Å². The lowest BCUT2D eigenvalue weighted by Crippen LogP contribution is -2.04. The Bertz CT molecular complexity index is 707. The standard InChI is InChI=1S/C19H20O5/c1-21-13-24-18-10-9-15(22-2)11-17(18)16(12-19(20)23-3)14-7-5-4-6-8-14/h4-12H,13H2,1-3H3. The van der Waals surface area contributed by atoms with Crippen molar-refractivity contribution in [1.29, 1.82) is 0 Å². The van der Waals surface area contributed by atoms with Gasteiger partial charge in [-0.1, -0.05) is 30.3 Å². The molecule has 0 spiro atoms. The van der Waals surface area contributed by atoms with Gasteiger partial charge in [0.15, 0.2) is 6.79 Å². The largest absolute Gasteiger partial charge is 0.497 e. The van der Waals surface area contributed by atoms with E-state index in [0.717, 1.165) is 5.56 Å². The van der Waals surface area contributed by atoms with Gasteiger partial charge in [-0.2, -0.15) is 0 Å². The van der Waals surface area contributed by atoms with Crippen LogP contribution in [-0.2, 0) is 14.3 Å². The maximum Gasteiger partial charge on any atom is 0.331 e. The molecular weight excluding hydrogens is 308 g/mol. The van der Waals surface area contributed by atoms with Crippen LogP contribution >= 0.6 is 0 Å². The summed E-state index contributed by atoms with van der Waals surface area (Å²) in [4.78, 5) is 11.9. The van der Waals surface area contributed by atoms with Crippen LogP contribution in [0.5, 0.6) is 11.5 Å². The Balaban J connectivity index is 2.60. The lowest BCUT2D eigenvalue weighted by Gasteiger charge is -2.15. The van der Waals surface area contributed by atoms with Crippen molar-refractivity contribution in [2.45, 2.75) is 0 Å². The summed E-state index contributed by atoms with van der Waals surface area (Å²) in [6, 6.07) is 14.9. The second-order valence-corrected chi connectivity index (χ2v) is 4.86. The maximum atomic E-state index is 11.9. The van der Waals surface area contributed by atoms with E-state index >= 15 is 0 Å². The van der Waals surface area contributed by atoms with E-state index in [9.17, 15) is 4.79 Å². The van der Waals surface area contributed by atoms with Crippen molar-refractivity contribution in [1.82, 2.24) is 0 Å². The predicted molar refractivity (Wildman–Crippen MR) is 91.0 cm³/mol. The number of hydrogen-bond acceptors (Lipinski definition) is 5. The van der Waals surface area contributed by atoms with Crippen LogP contribution in [0.2, 0.25) is 0 Å². The van der Waals surface area contributed by atoms with Crippen LogP contribution in [0.1, 0.15) is 11.1 Å². The molecule has 0 atom stereocenters. The fourth-order valence-corrected chi connectivity index (χ4v) is 2.21. The number of esters is 1. The second kappa shape index (κ2) is 8.74. The average Bonchev–Trinajstić information content (AvgIpc) is 2.64. The van der Waals surface area contributed by atoms with Crippen LogP contribution in [0, 0.1) is 0 Å². The minimum absolute atomic E-state index is 0.0968. The molecule has 0 unspecified atom stereocenters. The van der Waals surface area contributed by atoms with E-state index in [4.69, 9.17) is 18.9 Å². The summed E-state index contributed by atoms with van der Waals surface area (Å²) in [6.07, 6.45) is 1.43. The van der Waals surface area contributed by atoms with E-state index in [2.05, 4.69) is 0 Å². The molecule has 24 heavy (non-hydrogen) atoms. The van der Waals surface area contributed by atoms with Crippen LogP contribution < -0.4 is 9.47 Å². The molecule has 0 fully saturated rings. The second-order valence-electron chi connectivity index (χ2n) is 4.86. The molecule has 5 heteroatoms. The average molecular weight is 328 g/mol. The first-order chi connectivity index (χ1) is 11.7. The van der Waals surface area contributed by atoms with E-state index in [1.54, 1.807) is 26.4 Å². The molecule has 5 nitrogen and oxygen atoms in total. The lowest BCUT2D eigenvalue weighted by molar-refractivity contribution is -0.134. The van der Waals surface area contributed by atoms with Crippen LogP contribution in [0.4, 0.5) is 0 Å². The summed E-state index contributed by atoms with van der Waals surface area (Å²) < 4.78 is 20.7. The Hall–Kier alpha value is -2.79. The smallest absolute Gasteiger partial charge is 0.331 e. The normalized spacial score (nSPS) is 11.0. The molecule has 0 amide bonds. The third-order valence-corrected chi connectivity index (χ3v) is 3.36. The maximum absolute atomic E-state index is 11.9. The van der Waals surface area contributed by atoms with E-state index < -0.39 is 5.97 Å². The molecule has 2 rings (SSSR count).